The maximum absolute atomic E-state index is 10.4. The first-order valence-electron chi connectivity index (χ1n) is 4.41. The van der Waals surface area contributed by atoms with E-state index in [1.54, 1.807) is 18.2 Å². The van der Waals surface area contributed by atoms with E-state index in [4.69, 9.17) is 9.47 Å². The van der Waals surface area contributed by atoms with Crippen LogP contribution in [-0.4, -0.2) is 11.3 Å². The van der Waals surface area contributed by atoms with Crippen molar-refractivity contribution >= 4 is 0 Å². The summed E-state index contributed by atoms with van der Waals surface area (Å²) in [6.45, 7) is 3.61. The smallest absolute Gasteiger partial charge is 0.394 e. The van der Waals surface area contributed by atoms with E-state index in [1.165, 1.54) is 0 Å². The number of allylic oxidation sites excluding steroid dienone is 1. The zero-order chi connectivity index (χ0) is 10.8. The summed E-state index contributed by atoms with van der Waals surface area (Å²) in [6, 6.07) is 5.21. The van der Waals surface area contributed by atoms with E-state index < -0.39 is 11.3 Å². The van der Waals surface area contributed by atoms with Crippen LogP contribution < -0.4 is 9.47 Å². The van der Waals surface area contributed by atoms with Gasteiger partial charge in [0, 0.05) is 0 Å². The Hall–Kier alpha value is -2.04. The van der Waals surface area contributed by atoms with Gasteiger partial charge in [-0.15, -0.1) is 6.58 Å². The van der Waals surface area contributed by atoms with Crippen molar-refractivity contribution in [1.82, 2.24) is 0 Å². The van der Waals surface area contributed by atoms with Gasteiger partial charge in [-0.3, -0.25) is 10.1 Å². The van der Waals surface area contributed by atoms with E-state index in [0.717, 1.165) is 5.56 Å². The lowest BCUT2D eigenvalue weighted by Gasteiger charge is -1.98. The van der Waals surface area contributed by atoms with E-state index in [1.807, 2.05) is 6.07 Å². The van der Waals surface area contributed by atoms with Gasteiger partial charge in [0.15, 0.2) is 11.5 Å². The molecule has 0 aliphatic carbocycles. The Morgan fingerprint density at radius 2 is 2.20 bits per heavy atom. The quantitative estimate of drug-likeness (QED) is 0.430. The van der Waals surface area contributed by atoms with Crippen LogP contribution in [0.15, 0.2) is 30.9 Å². The SMILES string of the molecule is C=CCc1ccc2c(c1)OC([N+](=O)[O-])O2. The molecular weight excluding hydrogens is 198 g/mol. The first kappa shape index (κ1) is 9.51. The molecule has 0 N–H and O–H groups in total. The molecule has 0 saturated carbocycles. The largest absolute Gasteiger partial charge is 0.517 e. The Morgan fingerprint density at radius 3 is 2.87 bits per heavy atom. The normalized spacial score (nSPS) is 17.5. The first-order valence-corrected chi connectivity index (χ1v) is 4.41. The van der Waals surface area contributed by atoms with Crippen LogP contribution in [0.3, 0.4) is 0 Å². The molecule has 0 radical (unpaired) electrons. The summed E-state index contributed by atoms with van der Waals surface area (Å²) < 4.78 is 9.95. The molecule has 1 aliphatic heterocycles. The number of nitro groups is 1. The van der Waals surface area contributed by atoms with Gasteiger partial charge in [0.1, 0.15) is 4.92 Å². The molecule has 5 heteroatoms. The van der Waals surface area contributed by atoms with Crippen molar-refractivity contribution in [3.8, 4) is 11.5 Å². The van der Waals surface area contributed by atoms with Crippen LogP contribution in [0.1, 0.15) is 5.56 Å². The van der Waals surface area contributed by atoms with Gasteiger partial charge in [-0.05, 0) is 24.1 Å². The Bertz CT molecular complexity index is 416. The number of hydrogen-bond acceptors (Lipinski definition) is 4. The third-order valence-electron chi connectivity index (χ3n) is 2.02. The van der Waals surface area contributed by atoms with E-state index >= 15 is 0 Å². The van der Waals surface area contributed by atoms with Crippen molar-refractivity contribution in [2.75, 3.05) is 0 Å². The molecule has 0 saturated heterocycles. The van der Waals surface area contributed by atoms with E-state index in [2.05, 4.69) is 6.58 Å². The van der Waals surface area contributed by atoms with Crippen molar-refractivity contribution in [3.63, 3.8) is 0 Å². The molecule has 1 aromatic rings. The van der Waals surface area contributed by atoms with Crippen LogP contribution in [0.25, 0.3) is 0 Å². The molecular formula is C10H9NO4. The highest BCUT2D eigenvalue weighted by molar-refractivity contribution is 5.45. The number of hydrogen-bond donors (Lipinski definition) is 0. The lowest BCUT2D eigenvalue weighted by molar-refractivity contribution is -0.600. The molecule has 0 fully saturated rings. The maximum atomic E-state index is 10.4. The zero-order valence-corrected chi connectivity index (χ0v) is 7.88. The van der Waals surface area contributed by atoms with Crippen LogP contribution in [0.2, 0.25) is 0 Å². The van der Waals surface area contributed by atoms with E-state index in [9.17, 15) is 10.1 Å². The van der Waals surface area contributed by atoms with Gasteiger partial charge < -0.3 is 9.47 Å². The summed E-state index contributed by atoms with van der Waals surface area (Å²) in [6.07, 6.45) is 1.03. The van der Waals surface area contributed by atoms with Crippen molar-refractivity contribution in [2.24, 2.45) is 0 Å². The summed E-state index contributed by atoms with van der Waals surface area (Å²) in [7, 11) is 0. The standard InChI is InChI=1S/C10H9NO4/c1-2-3-7-4-5-8-9(6-7)15-10(14-8)11(12)13/h2,4-6,10H,1,3H2. The third-order valence-corrected chi connectivity index (χ3v) is 2.02. The first-order chi connectivity index (χ1) is 7.20. The summed E-state index contributed by atoms with van der Waals surface area (Å²) in [5.41, 5.74) is 0.983. The van der Waals surface area contributed by atoms with Crippen molar-refractivity contribution < 1.29 is 14.4 Å². The molecule has 15 heavy (non-hydrogen) atoms. The zero-order valence-electron chi connectivity index (χ0n) is 7.88. The highest BCUT2D eigenvalue weighted by Gasteiger charge is 2.33. The predicted molar refractivity (Wildman–Crippen MR) is 52.4 cm³/mol. The number of ether oxygens (including phenoxy) is 2. The summed E-state index contributed by atoms with van der Waals surface area (Å²) in [5, 5.41) is 10.4. The monoisotopic (exact) mass is 207 g/mol. The minimum Gasteiger partial charge on any atom is -0.394 e. The Balaban J connectivity index is 2.23. The average Bonchev–Trinajstić information content (AvgIpc) is 2.61. The lowest BCUT2D eigenvalue weighted by Crippen LogP contribution is -2.27. The Kier molecular flexibility index (Phi) is 2.29. The molecule has 1 aromatic carbocycles. The summed E-state index contributed by atoms with van der Waals surface area (Å²) >= 11 is 0. The second-order valence-electron chi connectivity index (χ2n) is 3.10. The van der Waals surface area contributed by atoms with Gasteiger partial charge in [-0.1, -0.05) is 12.1 Å². The molecule has 78 valence electrons. The molecule has 0 amide bonds. The second kappa shape index (κ2) is 3.61. The fraction of sp³-hybridized carbons (Fsp3) is 0.200. The van der Waals surface area contributed by atoms with Gasteiger partial charge in [0.05, 0.1) is 0 Å². The highest BCUT2D eigenvalue weighted by atomic mass is 16.8. The molecule has 0 spiro atoms. The van der Waals surface area contributed by atoms with Crippen LogP contribution in [0.4, 0.5) is 0 Å². The number of fused-ring (bicyclic) bond motifs is 1. The van der Waals surface area contributed by atoms with Crippen LogP contribution >= 0.6 is 0 Å². The fourth-order valence-electron chi connectivity index (χ4n) is 1.36. The van der Waals surface area contributed by atoms with Crippen LogP contribution in [0.5, 0.6) is 11.5 Å². The van der Waals surface area contributed by atoms with Crippen molar-refractivity contribution in [1.29, 1.82) is 0 Å². The molecule has 1 heterocycles. The van der Waals surface area contributed by atoms with Crippen LogP contribution in [-0.2, 0) is 6.42 Å². The molecule has 0 bridgehead atoms. The number of nitrogens with zero attached hydrogens (tertiary/aromatic N) is 1. The lowest BCUT2D eigenvalue weighted by atomic mass is 10.1. The molecule has 5 nitrogen and oxygen atoms in total. The second-order valence-corrected chi connectivity index (χ2v) is 3.10. The highest BCUT2D eigenvalue weighted by Crippen LogP contribution is 2.35. The topological polar surface area (TPSA) is 61.6 Å². The Morgan fingerprint density at radius 1 is 1.47 bits per heavy atom. The minimum absolute atomic E-state index is 0.407. The van der Waals surface area contributed by atoms with Gasteiger partial charge in [-0.25, -0.2) is 0 Å². The molecule has 2 rings (SSSR count). The van der Waals surface area contributed by atoms with Gasteiger partial charge >= 0.3 is 6.41 Å². The summed E-state index contributed by atoms with van der Waals surface area (Å²) in [4.78, 5) is 9.80. The van der Waals surface area contributed by atoms with E-state index in [0.29, 0.717) is 17.9 Å². The Labute approximate surface area is 86.1 Å². The maximum Gasteiger partial charge on any atom is 0.517 e. The molecule has 1 aliphatic rings. The van der Waals surface area contributed by atoms with Gasteiger partial charge in [-0.2, -0.15) is 0 Å². The molecule has 1 atom stereocenters. The minimum atomic E-state index is -1.42. The molecule has 0 aromatic heterocycles. The average molecular weight is 207 g/mol. The summed E-state index contributed by atoms with van der Waals surface area (Å²) in [5.74, 6) is 0.820. The van der Waals surface area contributed by atoms with Crippen molar-refractivity contribution in [2.45, 2.75) is 12.8 Å². The predicted octanol–water partition coefficient (Wildman–Crippen LogP) is 1.75. The van der Waals surface area contributed by atoms with Crippen molar-refractivity contribution in [3.05, 3.63) is 46.5 Å². The van der Waals surface area contributed by atoms with E-state index in [-0.39, 0.29) is 0 Å². The van der Waals surface area contributed by atoms with Gasteiger partial charge in [0.25, 0.3) is 0 Å². The third kappa shape index (κ3) is 1.76. The number of benzene rings is 1. The fourth-order valence-corrected chi connectivity index (χ4v) is 1.36. The molecule has 1 unspecified atom stereocenters. The van der Waals surface area contributed by atoms with Gasteiger partial charge in [0.2, 0.25) is 0 Å². The number of rotatable bonds is 3. The van der Waals surface area contributed by atoms with Crippen LogP contribution in [0, 0.1) is 10.1 Å².